The Bertz CT molecular complexity index is 1160. The molecule has 0 aliphatic heterocycles. The number of carbonyl (C=O) groups is 1. The molecule has 0 bridgehead atoms. The summed E-state index contributed by atoms with van der Waals surface area (Å²) in [5, 5.41) is 5.44. The molecule has 4 heteroatoms. The van der Waals surface area contributed by atoms with Gasteiger partial charge >= 0.3 is 0 Å². The number of aryl methyl sites for hydroxylation is 1. The van der Waals surface area contributed by atoms with Crippen LogP contribution in [-0.4, -0.2) is 15.6 Å². The van der Waals surface area contributed by atoms with Crippen LogP contribution in [0.3, 0.4) is 0 Å². The zero-order chi connectivity index (χ0) is 20.4. The minimum Gasteiger partial charge on any atom is -0.293 e. The molecule has 29 heavy (non-hydrogen) atoms. The number of aromatic nitrogens is 2. The topological polar surface area (TPSA) is 34.9 Å². The maximum Gasteiger partial charge on any atom is 0.177 e. The Kier molecular flexibility index (Phi) is 5.32. The summed E-state index contributed by atoms with van der Waals surface area (Å²) in [5.74, 6) is 0.00254. The highest BCUT2D eigenvalue weighted by molar-refractivity contribution is 6.33. The second-order valence-corrected chi connectivity index (χ2v) is 7.58. The van der Waals surface area contributed by atoms with Crippen molar-refractivity contribution in [2.75, 3.05) is 0 Å². The van der Waals surface area contributed by atoms with Gasteiger partial charge < -0.3 is 0 Å². The van der Waals surface area contributed by atoms with Crippen LogP contribution in [0.2, 0.25) is 5.02 Å². The zero-order valence-electron chi connectivity index (χ0n) is 16.4. The Morgan fingerprint density at radius 1 is 0.931 bits per heavy atom. The molecule has 3 nitrogen and oxygen atoms in total. The van der Waals surface area contributed by atoms with E-state index in [1.807, 2.05) is 79.7 Å². The van der Waals surface area contributed by atoms with Gasteiger partial charge in [0, 0.05) is 23.1 Å². The van der Waals surface area contributed by atoms with Gasteiger partial charge in [0.15, 0.2) is 5.78 Å². The van der Waals surface area contributed by atoms with Gasteiger partial charge in [0.05, 0.1) is 12.2 Å². The molecule has 0 spiro atoms. The molecule has 0 N–H and O–H groups in total. The first-order chi connectivity index (χ1) is 14.0. The van der Waals surface area contributed by atoms with Crippen LogP contribution in [0, 0.1) is 6.92 Å². The largest absolute Gasteiger partial charge is 0.293 e. The average Bonchev–Trinajstić information content (AvgIpc) is 3.13. The quantitative estimate of drug-likeness (QED) is 0.362. The summed E-state index contributed by atoms with van der Waals surface area (Å²) in [6.07, 6.45) is 0. The number of nitrogens with zero attached hydrogens (tertiary/aromatic N) is 2. The van der Waals surface area contributed by atoms with Gasteiger partial charge in [0.2, 0.25) is 0 Å². The van der Waals surface area contributed by atoms with E-state index >= 15 is 0 Å². The Balaban J connectivity index is 1.66. The number of halogens is 1. The Hall–Kier alpha value is -3.17. The monoisotopic (exact) mass is 400 g/mol. The van der Waals surface area contributed by atoms with Crippen molar-refractivity contribution in [1.29, 1.82) is 0 Å². The maximum atomic E-state index is 12.1. The smallest absolute Gasteiger partial charge is 0.177 e. The summed E-state index contributed by atoms with van der Waals surface area (Å²) in [6, 6.07) is 26.1. The number of rotatable bonds is 5. The van der Waals surface area contributed by atoms with Crippen molar-refractivity contribution < 1.29 is 4.79 Å². The number of hydrogen-bond donors (Lipinski definition) is 0. The van der Waals surface area contributed by atoms with Crippen molar-refractivity contribution in [2.24, 2.45) is 0 Å². The predicted molar refractivity (Wildman–Crippen MR) is 118 cm³/mol. The minimum absolute atomic E-state index is 0.00254. The molecule has 1 heterocycles. The molecule has 3 aromatic carbocycles. The van der Waals surface area contributed by atoms with Crippen molar-refractivity contribution in [3.05, 3.63) is 101 Å². The van der Waals surface area contributed by atoms with Crippen molar-refractivity contribution in [3.8, 4) is 22.4 Å². The number of benzene rings is 3. The van der Waals surface area contributed by atoms with Crippen molar-refractivity contribution in [1.82, 2.24) is 9.78 Å². The standard InChI is InChI=1S/C25H21ClN2O/c1-17-8-13-22(23(26)14-17)20-9-11-21(12-10-20)24-15-25(18(2)29)28(27-24)16-19-6-4-3-5-7-19/h3-15H,16H2,1-2H3. The Labute approximate surface area is 175 Å². The van der Waals surface area contributed by atoms with Gasteiger partial charge in [-0.2, -0.15) is 5.10 Å². The van der Waals surface area contributed by atoms with Gasteiger partial charge in [-0.05, 0) is 35.7 Å². The fourth-order valence-corrected chi connectivity index (χ4v) is 3.74. The number of hydrogen-bond acceptors (Lipinski definition) is 2. The first-order valence-corrected chi connectivity index (χ1v) is 9.89. The predicted octanol–water partition coefficient (Wildman–Crippen LogP) is 6.43. The van der Waals surface area contributed by atoms with Gasteiger partial charge in [-0.1, -0.05) is 78.3 Å². The third kappa shape index (κ3) is 4.15. The molecule has 0 aliphatic rings. The Morgan fingerprint density at radius 3 is 2.28 bits per heavy atom. The highest BCUT2D eigenvalue weighted by atomic mass is 35.5. The van der Waals surface area contributed by atoms with Crippen LogP contribution in [0.15, 0.2) is 78.9 Å². The second-order valence-electron chi connectivity index (χ2n) is 7.17. The van der Waals surface area contributed by atoms with E-state index in [0.29, 0.717) is 12.2 Å². The maximum absolute atomic E-state index is 12.1. The summed E-state index contributed by atoms with van der Waals surface area (Å²) >= 11 is 6.40. The summed E-state index contributed by atoms with van der Waals surface area (Å²) in [6.45, 7) is 4.16. The molecule has 0 saturated carbocycles. The number of Topliss-reactive ketones (excluding diaryl/α,β-unsaturated/α-hetero) is 1. The Morgan fingerprint density at radius 2 is 1.62 bits per heavy atom. The second kappa shape index (κ2) is 8.06. The van der Waals surface area contributed by atoms with Crippen LogP contribution < -0.4 is 0 Å². The number of carbonyl (C=O) groups excluding carboxylic acids is 1. The van der Waals surface area contributed by atoms with Crippen molar-refractivity contribution in [3.63, 3.8) is 0 Å². The van der Waals surface area contributed by atoms with Gasteiger partial charge in [0.25, 0.3) is 0 Å². The average molecular weight is 401 g/mol. The van der Waals surface area contributed by atoms with E-state index in [1.165, 1.54) is 0 Å². The molecule has 0 radical (unpaired) electrons. The van der Waals surface area contributed by atoms with Crippen LogP contribution in [0.1, 0.15) is 28.5 Å². The summed E-state index contributed by atoms with van der Waals surface area (Å²) in [7, 11) is 0. The van der Waals surface area contributed by atoms with Crippen molar-refractivity contribution >= 4 is 17.4 Å². The fraction of sp³-hybridized carbons (Fsp3) is 0.120. The first-order valence-electron chi connectivity index (χ1n) is 9.51. The highest BCUT2D eigenvalue weighted by Crippen LogP contribution is 2.30. The SMILES string of the molecule is CC(=O)c1cc(-c2ccc(-c3ccc(C)cc3Cl)cc2)nn1Cc1ccccc1. The molecule has 0 aliphatic carbocycles. The van der Waals surface area contributed by atoms with E-state index in [9.17, 15) is 4.79 Å². The van der Waals surface area contributed by atoms with Crippen molar-refractivity contribution in [2.45, 2.75) is 20.4 Å². The first kappa shape index (κ1) is 19.2. The lowest BCUT2D eigenvalue weighted by molar-refractivity contribution is 0.100. The van der Waals surface area contributed by atoms with E-state index in [-0.39, 0.29) is 5.78 Å². The molecule has 4 aromatic rings. The molecule has 0 unspecified atom stereocenters. The highest BCUT2D eigenvalue weighted by Gasteiger charge is 2.14. The normalized spacial score (nSPS) is 10.9. The lowest BCUT2D eigenvalue weighted by atomic mass is 10.0. The molecule has 0 saturated heterocycles. The van der Waals surface area contributed by atoms with E-state index in [0.717, 1.165) is 38.5 Å². The van der Waals surface area contributed by atoms with E-state index < -0.39 is 0 Å². The van der Waals surface area contributed by atoms with Gasteiger partial charge in [-0.3, -0.25) is 9.48 Å². The molecule has 0 fully saturated rings. The number of ketones is 1. The van der Waals surface area contributed by atoms with Crippen LogP contribution in [0.25, 0.3) is 22.4 Å². The molecular weight excluding hydrogens is 380 g/mol. The molecule has 0 atom stereocenters. The summed E-state index contributed by atoms with van der Waals surface area (Å²) < 4.78 is 1.78. The van der Waals surface area contributed by atoms with E-state index in [2.05, 4.69) is 6.07 Å². The minimum atomic E-state index is 0.00254. The fourth-order valence-electron chi connectivity index (χ4n) is 3.39. The van der Waals surface area contributed by atoms with Gasteiger partial charge in [-0.15, -0.1) is 0 Å². The van der Waals surface area contributed by atoms with E-state index in [4.69, 9.17) is 16.7 Å². The third-order valence-corrected chi connectivity index (χ3v) is 5.24. The van der Waals surface area contributed by atoms with Gasteiger partial charge in [0.1, 0.15) is 5.69 Å². The lowest BCUT2D eigenvalue weighted by Crippen LogP contribution is -2.09. The summed E-state index contributed by atoms with van der Waals surface area (Å²) in [5.41, 5.74) is 6.65. The molecule has 1 aromatic heterocycles. The van der Waals surface area contributed by atoms with Crippen LogP contribution >= 0.6 is 11.6 Å². The van der Waals surface area contributed by atoms with Crippen LogP contribution in [0.4, 0.5) is 0 Å². The molecular formula is C25H21ClN2O. The van der Waals surface area contributed by atoms with Crippen LogP contribution in [0.5, 0.6) is 0 Å². The van der Waals surface area contributed by atoms with E-state index in [1.54, 1.807) is 11.6 Å². The van der Waals surface area contributed by atoms with Crippen LogP contribution in [-0.2, 0) is 6.54 Å². The molecule has 144 valence electrons. The van der Waals surface area contributed by atoms with Gasteiger partial charge in [-0.25, -0.2) is 0 Å². The molecule has 0 amide bonds. The third-order valence-electron chi connectivity index (χ3n) is 4.93. The summed E-state index contributed by atoms with van der Waals surface area (Å²) in [4.78, 5) is 12.1. The zero-order valence-corrected chi connectivity index (χ0v) is 17.1. The lowest BCUT2D eigenvalue weighted by Gasteiger charge is -2.07. The molecule has 4 rings (SSSR count).